The number of amides is 1. The summed E-state index contributed by atoms with van der Waals surface area (Å²) in [5, 5.41) is 8.82. The number of carbonyl (C=O) groups is 1. The number of piperidine rings is 1. The van der Waals surface area contributed by atoms with Gasteiger partial charge in [-0.15, -0.1) is 0 Å². The number of fused-ring (bicyclic) bond motifs is 2. The van der Waals surface area contributed by atoms with E-state index >= 15 is 0 Å². The first-order valence-corrected chi connectivity index (χ1v) is 11.9. The monoisotopic (exact) mass is 440 g/mol. The molecular weight excluding hydrogens is 416 g/mol. The number of aromatic amines is 1. The average molecular weight is 441 g/mol. The highest BCUT2D eigenvalue weighted by molar-refractivity contribution is 7.84. The molecule has 0 unspecified atom stereocenters. The largest absolute Gasteiger partial charge is 0.380 e. The molecule has 2 aliphatic rings. The number of nitrogens with zero attached hydrogens (tertiary/aromatic N) is 1. The zero-order valence-electron chi connectivity index (χ0n) is 17.0. The Bertz CT molecular complexity index is 1280. The van der Waals surface area contributed by atoms with Crippen LogP contribution in [0.2, 0.25) is 0 Å². The van der Waals surface area contributed by atoms with Crippen LogP contribution < -0.4 is 14.6 Å². The summed E-state index contributed by atoms with van der Waals surface area (Å²) >= 11 is 0. The van der Waals surface area contributed by atoms with Gasteiger partial charge in [-0.05, 0) is 61.8 Å². The molecular formula is C22H24N4O4S. The number of nitrogens with one attached hydrogen (secondary N) is 2. The first kappa shape index (κ1) is 20.0. The second kappa shape index (κ2) is 7.67. The summed E-state index contributed by atoms with van der Waals surface area (Å²) in [6, 6.07) is 11.6. The van der Waals surface area contributed by atoms with Crippen molar-refractivity contribution in [3.8, 4) is 17.0 Å². The summed E-state index contributed by atoms with van der Waals surface area (Å²) in [6.45, 7) is 3.41. The smallest absolute Gasteiger partial charge is 0.371 e. The molecule has 0 aliphatic carbocycles. The standard InChI is InChI=1S/C22H24N4O4S/c23-31(28,29)30-20-7-5-16(21-17(20)12-24-22(21)27)19-11-15-10-14(4-6-18(15)25-19)13-26-8-2-1-3-9-26/h4-7,10-11,25H,1-3,8-9,12-13H2,(H,24,27)(H2,23,28,29). The molecule has 8 nitrogen and oxygen atoms in total. The molecule has 1 amide bonds. The van der Waals surface area contributed by atoms with Crippen molar-refractivity contribution in [2.75, 3.05) is 13.1 Å². The Balaban J connectivity index is 1.50. The fraction of sp³-hybridized carbons (Fsp3) is 0.318. The van der Waals surface area contributed by atoms with Crippen LogP contribution in [-0.4, -0.2) is 37.3 Å². The van der Waals surface area contributed by atoms with Crippen LogP contribution in [0.5, 0.6) is 5.75 Å². The van der Waals surface area contributed by atoms with Crippen molar-refractivity contribution in [1.29, 1.82) is 0 Å². The molecule has 0 saturated carbocycles. The van der Waals surface area contributed by atoms with E-state index in [2.05, 4.69) is 33.4 Å². The molecule has 1 fully saturated rings. The van der Waals surface area contributed by atoms with Crippen LogP contribution in [0.15, 0.2) is 36.4 Å². The first-order chi connectivity index (χ1) is 14.9. The van der Waals surface area contributed by atoms with Crippen molar-refractivity contribution in [1.82, 2.24) is 15.2 Å². The summed E-state index contributed by atoms with van der Waals surface area (Å²) in [5.41, 5.74) is 4.62. The zero-order chi connectivity index (χ0) is 21.6. The number of rotatable bonds is 5. The van der Waals surface area contributed by atoms with Crippen LogP contribution in [-0.2, 0) is 23.4 Å². The molecule has 0 radical (unpaired) electrons. The Morgan fingerprint density at radius 3 is 2.65 bits per heavy atom. The van der Waals surface area contributed by atoms with Gasteiger partial charge in [0.1, 0.15) is 5.75 Å². The van der Waals surface area contributed by atoms with Gasteiger partial charge in [-0.3, -0.25) is 9.69 Å². The Hall–Kier alpha value is -2.88. The van der Waals surface area contributed by atoms with E-state index in [9.17, 15) is 13.2 Å². The number of carbonyl (C=O) groups excluding carboxylic acids is 1. The maximum Gasteiger partial charge on any atom is 0.380 e. The molecule has 2 aliphatic heterocycles. The molecule has 5 rings (SSSR count). The fourth-order valence-electron chi connectivity index (χ4n) is 4.55. The second-order valence-corrected chi connectivity index (χ2v) is 9.32. The van der Waals surface area contributed by atoms with Crippen molar-refractivity contribution in [3.05, 3.63) is 53.1 Å². The van der Waals surface area contributed by atoms with E-state index in [0.717, 1.165) is 36.2 Å². The minimum Gasteiger partial charge on any atom is -0.371 e. The predicted octanol–water partition coefficient (Wildman–Crippen LogP) is 2.65. The van der Waals surface area contributed by atoms with E-state index in [-0.39, 0.29) is 18.2 Å². The summed E-state index contributed by atoms with van der Waals surface area (Å²) in [4.78, 5) is 18.4. The topological polar surface area (TPSA) is 118 Å². The number of nitrogens with two attached hydrogens (primary N) is 1. The van der Waals surface area contributed by atoms with Gasteiger partial charge in [0.15, 0.2) is 0 Å². The number of aromatic nitrogens is 1. The quantitative estimate of drug-likeness (QED) is 0.564. The maximum absolute atomic E-state index is 12.5. The predicted molar refractivity (Wildman–Crippen MR) is 118 cm³/mol. The Morgan fingerprint density at radius 1 is 1.06 bits per heavy atom. The van der Waals surface area contributed by atoms with E-state index in [1.165, 1.54) is 30.9 Å². The molecule has 162 valence electrons. The van der Waals surface area contributed by atoms with Gasteiger partial charge in [0, 0.05) is 40.8 Å². The minimum absolute atomic E-state index is 0.0690. The summed E-state index contributed by atoms with van der Waals surface area (Å²) < 4.78 is 27.6. The van der Waals surface area contributed by atoms with Crippen LogP contribution in [0.3, 0.4) is 0 Å². The molecule has 0 atom stereocenters. The first-order valence-electron chi connectivity index (χ1n) is 10.4. The van der Waals surface area contributed by atoms with Gasteiger partial charge in [0.2, 0.25) is 0 Å². The third-order valence-electron chi connectivity index (χ3n) is 5.96. The zero-order valence-corrected chi connectivity index (χ0v) is 17.8. The maximum atomic E-state index is 12.5. The normalized spacial score (nSPS) is 17.0. The molecule has 0 spiro atoms. The Labute approximate surface area is 180 Å². The van der Waals surface area contributed by atoms with Crippen LogP contribution in [0.1, 0.15) is 40.7 Å². The van der Waals surface area contributed by atoms with Gasteiger partial charge in [-0.25, -0.2) is 0 Å². The van der Waals surface area contributed by atoms with E-state index in [1.807, 2.05) is 6.07 Å². The van der Waals surface area contributed by atoms with Crippen LogP contribution in [0.4, 0.5) is 0 Å². The number of likely N-dealkylation sites (tertiary alicyclic amines) is 1. The SMILES string of the molecule is NS(=O)(=O)Oc1ccc(-c2cc3cc(CN4CCCCC4)ccc3[nH]2)c2c1CNC2=O. The minimum atomic E-state index is -4.18. The molecule has 31 heavy (non-hydrogen) atoms. The Morgan fingerprint density at radius 2 is 1.87 bits per heavy atom. The van der Waals surface area contributed by atoms with Gasteiger partial charge < -0.3 is 14.5 Å². The van der Waals surface area contributed by atoms with E-state index in [0.29, 0.717) is 16.7 Å². The van der Waals surface area contributed by atoms with E-state index in [1.54, 1.807) is 6.07 Å². The molecule has 2 aromatic carbocycles. The number of hydrogen-bond acceptors (Lipinski definition) is 5. The van der Waals surface area contributed by atoms with Gasteiger partial charge >= 0.3 is 10.3 Å². The molecule has 0 bridgehead atoms. The number of benzene rings is 2. The van der Waals surface area contributed by atoms with Gasteiger partial charge in [0.25, 0.3) is 5.91 Å². The second-order valence-electron chi connectivity index (χ2n) is 8.17. The van der Waals surface area contributed by atoms with E-state index < -0.39 is 10.3 Å². The number of H-pyrrole nitrogens is 1. The van der Waals surface area contributed by atoms with Gasteiger partial charge in [-0.2, -0.15) is 13.6 Å². The highest BCUT2D eigenvalue weighted by Crippen LogP contribution is 2.36. The summed E-state index contributed by atoms with van der Waals surface area (Å²) in [6.07, 6.45) is 3.83. The lowest BCUT2D eigenvalue weighted by Crippen LogP contribution is -2.28. The van der Waals surface area contributed by atoms with Crippen molar-refractivity contribution in [2.45, 2.75) is 32.4 Å². The highest BCUT2D eigenvalue weighted by atomic mass is 32.2. The lowest BCUT2D eigenvalue weighted by atomic mass is 9.99. The van der Waals surface area contributed by atoms with Gasteiger partial charge in [-0.1, -0.05) is 12.5 Å². The number of hydrogen-bond donors (Lipinski definition) is 3. The third-order valence-corrected chi connectivity index (χ3v) is 6.37. The van der Waals surface area contributed by atoms with Crippen LogP contribution in [0.25, 0.3) is 22.2 Å². The molecule has 1 aromatic heterocycles. The fourth-order valence-corrected chi connectivity index (χ4v) is 4.96. The van der Waals surface area contributed by atoms with Crippen molar-refractivity contribution in [2.24, 2.45) is 5.14 Å². The molecule has 1 saturated heterocycles. The van der Waals surface area contributed by atoms with Gasteiger partial charge in [0.05, 0.1) is 5.56 Å². The third kappa shape index (κ3) is 4.04. The van der Waals surface area contributed by atoms with Crippen LogP contribution in [0, 0.1) is 0 Å². The van der Waals surface area contributed by atoms with Crippen molar-refractivity contribution in [3.63, 3.8) is 0 Å². The molecule has 9 heteroatoms. The average Bonchev–Trinajstić information content (AvgIpc) is 3.32. The van der Waals surface area contributed by atoms with Crippen molar-refractivity contribution < 1.29 is 17.4 Å². The van der Waals surface area contributed by atoms with E-state index in [4.69, 9.17) is 9.32 Å². The summed E-state index contributed by atoms with van der Waals surface area (Å²) in [7, 11) is -4.18. The molecule has 4 N–H and O–H groups in total. The lowest BCUT2D eigenvalue weighted by molar-refractivity contribution is 0.0966. The molecule has 3 heterocycles. The Kier molecular flexibility index (Phi) is 4.96. The van der Waals surface area contributed by atoms with Crippen LogP contribution >= 0.6 is 0 Å². The lowest BCUT2D eigenvalue weighted by Gasteiger charge is -2.26. The highest BCUT2D eigenvalue weighted by Gasteiger charge is 2.28. The van der Waals surface area contributed by atoms with Crippen molar-refractivity contribution >= 4 is 27.1 Å². The molecule has 3 aromatic rings. The summed E-state index contributed by atoms with van der Waals surface area (Å²) in [5.74, 6) is -0.200.